The van der Waals surface area contributed by atoms with Gasteiger partial charge in [-0.2, -0.15) is 0 Å². The molecule has 0 spiro atoms. The number of rotatable bonds is 6. The van der Waals surface area contributed by atoms with Gasteiger partial charge in [0, 0.05) is 28.8 Å². The third-order valence-electron chi connectivity index (χ3n) is 3.94. The van der Waals surface area contributed by atoms with Crippen molar-refractivity contribution in [2.45, 2.75) is 19.6 Å². The minimum atomic E-state index is -1.03. The lowest BCUT2D eigenvalue weighted by Gasteiger charge is -2.13. The van der Waals surface area contributed by atoms with Crippen molar-refractivity contribution in [1.29, 1.82) is 0 Å². The minimum Gasteiger partial charge on any atom is -0.448 e. The molecule has 0 aliphatic carbocycles. The number of carbonyl (C=O) groups excluding carboxylic acids is 2. The molecule has 3 aromatic rings. The molecule has 0 aliphatic heterocycles. The lowest BCUT2D eigenvalue weighted by molar-refractivity contribution is -0.384. The Morgan fingerprint density at radius 1 is 1.21 bits per heavy atom. The summed E-state index contributed by atoms with van der Waals surface area (Å²) < 4.78 is 18.8. The van der Waals surface area contributed by atoms with Crippen LogP contribution in [0, 0.1) is 15.9 Å². The number of nitrogens with one attached hydrogen (secondary N) is 1. The summed E-state index contributed by atoms with van der Waals surface area (Å²) in [5.74, 6) is -1.55. The number of ether oxygens (including phenoxy) is 1. The highest BCUT2D eigenvalue weighted by atomic mass is 32.1. The number of amides is 1. The average Bonchev–Trinajstić information content (AvgIpc) is 3.10. The second-order valence-electron chi connectivity index (χ2n) is 5.98. The zero-order chi connectivity index (χ0) is 20.3. The number of nitro benzene ring substituents is 1. The lowest BCUT2D eigenvalue weighted by Crippen LogP contribution is -2.35. The second kappa shape index (κ2) is 8.13. The summed E-state index contributed by atoms with van der Waals surface area (Å²) in [6, 6.07) is 11.5. The van der Waals surface area contributed by atoms with Crippen molar-refractivity contribution in [1.82, 2.24) is 5.32 Å². The third-order valence-corrected chi connectivity index (χ3v) is 5.04. The monoisotopic (exact) mass is 402 g/mol. The highest BCUT2D eigenvalue weighted by Crippen LogP contribution is 2.29. The standard InChI is InChI=1S/C19H15FN2O5S/c1-11(18(23)21-10-12-2-4-14(20)5-3-12)27-19(24)17-9-13-8-15(22(25)26)6-7-16(13)28-17/h2-9,11H,10H2,1H3,(H,21,23)/t11-/m1/s1. The van der Waals surface area contributed by atoms with Gasteiger partial charge in [-0.15, -0.1) is 11.3 Å². The number of benzene rings is 2. The normalized spacial score (nSPS) is 11.8. The van der Waals surface area contributed by atoms with E-state index in [2.05, 4.69) is 5.32 Å². The summed E-state index contributed by atoms with van der Waals surface area (Å²) in [6.07, 6.45) is -1.03. The first-order chi connectivity index (χ1) is 13.3. The first-order valence-corrected chi connectivity index (χ1v) is 9.06. The topological polar surface area (TPSA) is 98.5 Å². The maximum absolute atomic E-state index is 12.9. The number of halogens is 1. The summed E-state index contributed by atoms with van der Waals surface area (Å²) in [5.41, 5.74) is 0.637. The second-order valence-corrected chi connectivity index (χ2v) is 7.07. The number of non-ortho nitro benzene ring substituents is 1. The molecule has 28 heavy (non-hydrogen) atoms. The fraction of sp³-hybridized carbons (Fsp3) is 0.158. The Morgan fingerprint density at radius 2 is 1.93 bits per heavy atom. The highest BCUT2D eigenvalue weighted by molar-refractivity contribution is 7.20. The van der Waals surface area contributed by atoms with Crippen LogP contribution in [0.2, 0.25) is 0 Å². The Bertz CT molecular complexity index is 1050. The van der Waals surface area contributed by atoms with E-state index in [1.54, 1.807) is 18.2 Å². The zero-order valence-electron chi connectivity index (χ0n) is 14.7. The summed E-state index contributed by atoms with van der Waals surface area (Å²) in [6.45, 7) is 1.61. The van der Waals surface area contributed by atoms with Crippen LogP contribution in [0.4, 0.5) is 10.1 Å². The van der Waals surface area contributed by atoms with E-state index in [-0.39, 0.29) is 22.9 Å². The lowest BCUT2D eigenvalue weighted by atomic mass is 10.2. The van der Waals surface area contributed by atoms with Crippen molar-refractivity contribution in [2.24, 2.45) is 0 Å². The van der Waals surface area contributed by atoms with Gasteiger partial charge in [-0.25, -0.2) is 9.18 Å². The van der Waals surface area contributed by atoms with Crippen LogP contribution < -0.4 is 5.32 Å². The molecule has 3 rings (SSSR count). The first-order valence-electron chi connectivity index (χ1n) is 8.24. The van der Waals surface area contributed by atoms with E-state index in [9.17, 15) is 24.1 Å². The van der Waals surface area contributed by atoms with Crippen molar-refractivity contribution in [2.75, 3.05) is 0 Å². The molecule has 0 aliphatic rings. The van der Waals surface area contributed by atoms with Crippen molar-refractivity contribution >= 4 is 39.0 Å². The number of esters is 1. The molecule has 2 aromatic carbocycles. The van der Waals surface area contributed by atoms with Gasteiger partial charge in [-0.3, -0.25) is 14.9 Å². The Labute approximate surface area is 162 Å². The molecule has 1 N–H and O–H groups in total. The van der Waals surface area contributed by atoms with Gasteiger partial charge in [0.2, 0.25) is 0 Å². The quantitative estimate of drug-likeness (QED) is 0.384. The van der Waals surface area contributed by atoms with Crippen LogP contribution in [0.25, 0.3) is 10.1 Å². The van der Waals surface area contributed by atoms with Crippen molar-refractivity contribution in [3.63, 3.8) is 0 Å². The van der Waals surface area contributed by atoms with Crippen LogP contribution in [0.1, 0.15) is 22.2 Å². The molecule has 1 aromatic heterocycles. The van der Waals surface area contributed by atoms with Gasteiger partial charge in [-0.1, -0.05) is 12.1 Å². The van der Waals surface area contributed by atoms with Gasteiger partial charge in [0.25, 0.3) is 11.6 Å². The predicted octanol–water partition coefficient (Wildman–Crippen LogP) is 3.81. The summed E-state index contributed by atoms with van der Waals surface area (Å²) in [7, 11) is 0. The zero-order valence-corrected chi connectivity index (χ0v) is 15.5. The Hall–Kier alpha value is -3.33. The van der Waals surface area contributed by atoms with Crippen LogP contribution >= 0.6 is 11.3 Å². The van der Waals surface area contributed by atoms with Crippen LogP contribution in [-0.4, -0.2) is 22.9 Å². The van der Waals surface area contributed by atoms with Gasteiger partial charge >= 0.3 is 5.97 Å². The molecule has 0 fully saturated rings. The molecule has 7 nitrogen and oxygen atoms in total. The number of nitro groups is 1. The van der Waals surface area contributed by atoms with E-state index in [0.717, 1.165) is 11.3 Å². The predicted molar refractivity (Wildman–Crippen MR) is 102 cm³/mol. The maximum atomic E-state index is 12.9. The highest BCUT2D eigenvalue weighted by Gasteiger charge is 2.21. The fourth-order valence-electron chi connectivity index (χ4n) is 2.45. The molecule has 0 saturated carbocycles. The summed E-state index contributed by atoms with van der Waals surface area (Å²) in [4.78, 5) is 35.0. The molecular formula is C19H15FN2O5S. The first kappa shape index (κ1) is 19.4. The van der Waals surface area contributed by atoms with Gasteiger partial charge in [0.05, 0.1) is 4.92 Å². The van der Waals surface area contributed by atoms with Gasteiger partial charge in [0.15, 0.2) is 6.10 Å². The molecular weight excluding hydrogens is 387 g/mol. The SMILES string of the molecule is C[C@@H](OC(=O)c1cc2cc([N+](=O)[O-])ccc2s1)C(=O)NCc1ccc(F)cc1. The van der Waals surface area contributed by atoms with E-state index in [1.807, 2.05) is 0 Å². The molecule has 144 valence electrons. The van der Waals surface area contributed by atoms with Gasteiger partial charge in [0.1, 0.15) is 10.7 Å². The molecule has 0 radical (unpaired) electrons. The Morgan fingerprint density at radius 3 is 2.61 bits per heavy atom. The van der Waals surface area contributed by atoms with Crippen LogP contribution in [0.15, 0.2) is 48.5 Å². The van der Waals surface area contributed by atoms with E-state index in [0.29, 0.717) is 15.6 Å². The van der Waals surface area contributed by atoms with Crippen LogP contribution in [-0.2, 0) is 16.1 Å². The fourth-order valence-corrected chi connectivity index (χ4v) is 3.38. The molecule has 1 atom stereocenters. The smallest absolute Gasteiger partial charge is 0.349 e. The molecule has 9 heteroatoms. The Kier molecular flexibility index (Phi) is 5.65. The molecule has 0 saturated heterocycles. The average molecular weight is 402 g/mol. The van der Waals surface area contributed by atoms with E-state index >= 15 is 0 Å². The number of carbonyl (C=O) groups is 2. The molecule has 0 bridgehead atoms. The van der Waals surface area contributed by atoms with Crippen LogP contribution in [0.5, 0.6) is 0 Å². The number of thiophene rings is 1. The van der Waals surface area contributed by atoms with Gasteiger partial charge < -0.3 is 10.1 Å². The van der Waals surface area contributed by atoms with Crippen LogP contribution in [0.3, 0.4) is 0 Å². The van der Waals surface area contributed by atoms with E-state index < -0.39 is 22.9 Å². The maximum Gasteiger partial charge on any atom is 0.349 e. The minimum absolute atomic E-state index is 0.0706. The van der Waals surface area contributed by atoms with Crippen molar-refractivity contribution in [3.8, 4) is 0 Å². The number of hydrogen-bond donors (Lipinski definition) is 1. The van der Waals surface area contributed by atoms with E-state index in [4.69, 9.17) is 4.74 Å². The third kappa shape index (κ3) is 4.49. The number of hydrogen-bond acceptors (Lipinski definition) is 6. The summed E-state index contributed by atoms with van der Waals surface area (Å²) >= 11 is 1.13. The molecule has 1 heterocycles. The Balaban J connectivity index is 1.61. The number of nitrogens with zero attached hydrogens (tertiary/aromatic N) is 1. The molecule has 0 unspecified atom stereocenters. The van der Waals surface area contributed by atoms with E-state index in [1.165, 1.54) is 37.3 Å². The van der Waals surface area contributed by atoms with Crippen molar-refractivity contribution < 1.29 is 23.6 Å². The largest absolute Gasteiger partial charge is 0.448 e. The summed E-state index contributed by atoms with van der Waals surface area (Å²) in [5, 5.41) is 14.0. The molecule has 1 amide bonds. The number of fused-ring (bicyclic) bond motifs is 1. The van der Waals surface area contributed by atoms with Crippen molar-refractivity contribution in [3.05, 3.63) is 74.9 Å². The van der Waals surface area contributed by atoms with Gasteiger partial charge in [-0.05, 0) is 36.8 Å².